The van der Waals surface area contributed by atoms with Crippen LogP contribution in [-0.4, -0.2) is 45.2 Å². The summed E-state index contributed by atoms with van der Waals surface area (Å²) in [5, 5.41) is 15.3. The number of benzene rings is 1. The first-order valence-electron chi connectivity index (χ1n) is 11.9. The molecular formula is C25H30N6O6. The molecule has 0 radical (unpaired) electrons. The Bertz CT molecular complexity index is 1330. The van der Waals surface area contributed by atoms with Gasteiger partial charge in [0.15, 0.2) is 5.78 Å². The van der Waals surface area contributed by atoms with E-state index in [1.807, 2.05) is 0 Å². The van der Waals surface area contributed by atoms with Gasteiger partial charge in [0.1, 0.15) is 24.1 Å². The molecule has 1 aromatic carbocycles. The van der Waals surface area contributed by atoms with Crippen molar-refractivity contribution in [3.05, 3.63) is 41.9 Å². The molecule has 2 aromatic heterocycles. The number of hydrogen-bond acceptors (Lipinski definition) is 7. The highest BCUT2D eigenvalue weighted by molar-refractivity contribution is 6.11. The Morgan fingerprint density at radius 3 is 2.43 bits per heavy atom. The first-order chi connectivity index (χ1) is 17.5. The first kappa shape index (κ1) is 25.7. The van der Waals surface area contributed by atoms with Gasteiger partial charge in [0.05, 0.1) is 23.4 Å². The van der Waals surface area contributed by atoms with Gasteiger partial charge in [-0.1, -0.05) is 5.16 Å². The van der Waals surface area contributed by atoms with Crippen molar-refractivity contribution < 1.29 is 28.4 Å². The Kier molecular flexibility index (Phi) is 7.18. The quantitative estimate of drug-likeness (QED) is 0.265. The zero-order valence-electron chi connectivity index (χ0n) is 21.1. The number of urea groups is 2. The van der Waals surface area contributed by atoms with Gasteiger partial charge in [-0.05, 0) is 52.7 Å². The molecule has 0 unspecified atom stereocenters. The SMILES string of the molecule is CC(=O)c1cn(CC(=O)OC(C)(C)C)c2cc(NC(=O)NCc3ccon3)c(NC(=O)NC3CC3)cc12. The lowest BCUT2D eigenvalue weighted by Gasteiger charge is -2.20. The summed E-state index contributed by atoms with van der Waals surface area (Å²) in [5.41, 5.74) is 1.30. The van der Waals surface area contributed by atoms with Crippen LogP contribution in [0.15, 0.2) is 35.2 Å². The Labute approximate surface area is 213 Å². The standard InChI is InChI=1S/C25H30N6O6/c1-14(32)18-12-31(13-22(33)37-25(2,3)4)21-10-20(28-23(34)26-11-16-7-8-36-30-16)19(9-17(18)21)29-24(35)27-15-5-6-15/h7-10,12,15H,5-6,11,13H2,1-4H3,(H2,26,28,34)(H2,27,29,35). The first-order valence-corrected chi connectivity index (χ1v) is 11.9. The highest BCUT2D eigenvalue weighted by Crippen LogP contribution is 2.33. The average Bonchev–Trinajstić information content (AvgIpc) is 3.31. The number of amides is 4. The molecular weight excluding hydrogens is 480 g/mol. The second kappa shape index (κ2) is 10.3. The van der Waals surface area contributed by atoms with Gasteiger partial charge in [0.25, 0.3) is 0 Å². The third-order valence-corrected chi connectivity index (χ3v) is 5.45. The maximum absolute atomic E-state index is 12.7. The van der Waals surface area contributed by atoms with Crippen molar-refractivity contribution in [1.29, 1.82) is 0 Å². The van der Waals surface area contributed by atoms with E-state index in [4.69, 9.17) is 9.26 Å². The molecule has 0 aliphatic heterocycles. The smallest absolute Gasteiger partial charge is 0.326 e. The second-order valence-electron chi connectivity index (χ2n) is 9.90. The molecule has 4 amide bonds. The predicted molar refractivity (Wildman–Crippen MR) is 135 cm³/mol. The number of aromatic nitrogens is 2. The molecule has 0 saturated heterocycles. The van der Waals surface area contributed by atoms with Gasteiger partial charge in [-0.25, -0.2) is 9.59 Å². The normalized spacial score (nSPS) is 13.2. The molecule has 1 saturated carbocycles. The molecule has 1 fully saturated rings. The minimum atomic E-state index is -0.676. The Hall–Kier alpha value is -4.35. The van der Waals surface area contributed by atoms with Crippen LogP contribution in [0.1, 0.15) is 56.6 Å². The molecule has 12 heteroatoms. The number of ketones is 1. The van der Waals surface area contributed by atoms with Crippen molar-refractivity contribution in [3.8, 4) is 0 Å². The average molecular weight is 511 g/mol. The van der Waals surface area contributed by atoms with Gasteiger partial charge in [-0.2, -0.15) is 0 Å². The van der Waals surface area contributed by atoms with Gasteiger partial charge >= 0.3 is 18.0 Å². The lowest BCUT2D eigenvalue weighted by atomic mass is 10.1. The van der Waals surface area contributed by atoms with E-state index in [-0.39, 0.29) is 30.6 Å². The summed E-state index contributed by atoms with van der Waals surface area (Å²) in [6.07, 6.45) is 4.78. The van der Waals surface area contributed by atoms with Crippen molar-refractivity contribution >= 4 is 46.1 Å². The number of nitrogens with one attached hydrogen (secondary N) is 4. The monoisotopic (exact) mass is 510 g/mol. The molecule has 4 rings (SSSR count). The highest BCUT2D eigenvalue weighted by atomic mass is 16.6. The predicted octanol–water partition coefficient (Wildman–Crippen LogP) is 3.78. The summed E-state index contributed by atoms with van der Waals surface area (Å²) in [7, 11) is 0. The number of rotatable bonds is 8. The molecule has 2 heterocycles. The molecule has 0 bridgehead atoms. The lowest BCUT2D eigenvalue weighted by molar-refractivity contribution is -0.155. The minimum absolute atomic E-state index is 0.119. The highest BCUT2D eigenvalue weighted by Gasteiger charge is 2.25. The summed E-state index contributed by atoms with van der Waals surface area (Å²) < 4.78 is 11.8. The van der Waals surface area contributed by atoms with Crippen molar-refractivity contribution in [2.75, 3.05) is 10.6 Å². The topological polar surface area (TPSA) is 157 Å². The molecule has 12 nitrogen and oxygen atoms in total. The zero-order chi connectivity index (χ0) is 26.7. The van der Waals surface area contributed by atoms with E-state index < -0.39 is 23.6 Å². The second-order valence-corrected chi connectivity index (χ2v) is 9.90. The summed E-state index contributed by atoms with van der Waals surface area (Å²) in [6, 6.07) is 3.98. The van der Waals surface area contributed by atoms with Crippen molar-refractivity contribution in [2.45, 2.75) is 65.3 Å². The number of esters is 1. The van der Waals surface area contributed by atoms with Crippen molar-refractivity contribution in [2.24, 2.45) is 0 Å². The number of nitrogens with zero attached hydrogens (tertiary/aromatic N) is 2. The summed E-state index contributed by atoms with van der Waals surface area (Å²) >= 11 is 0. The number of Topliss-reactive ketones (excluding diaryl/α,β-unsaturated/α-hetero) is 1. The molecule has 1 aliphatic carbocycles. The van der Waals surface area contributed by atoms with Gasteiger partial charge in [0, 0.05) is 29.3 Å². The fourth-order valence-corrected chi connectivity index (χ4v) is 3.71. The number of fused-ring (bicyclic) bond motifs is 1. The molecule has 0 atom stereocenters. The summed E-state index contributed by atoms with van der Waals surface area (Å²) in [5.74, 6) is -0.697. The number of ether oxygens (including phenoxy) is 1. The van der Waals surface area contributed by atoms with Crippen LogP contribution in [0.3, 0.4) is 0 Å². The number of anilines is 2. The molecule has 37 heavy (non-hydrogen) atoms. The van der Waals surface area contributed by atoms with Crippen LogP contribution >= 0.6 is 0 Å². The third-order valence-electron chi connectivity index (χ3n) is 5.45. The van der Waals surface area contributed by atoms with Gasteiger partial charge in [-0.15, -0.1) is 0 Å². The van der Waals surface area contributed by atoms with E-state index in [9.17, 15) is 19.2 Å². The van der Waals surface area contributed by atoms with Crippen LogP contribution < -0.4 is 21.3 Å². The molecule has 0 spiro atoms. The van der Waals surface area contributed by atoms with E-state index in [2.05, 4.69) is 26.4 Å². The number of carbonyl (C=O) groups is 4. The van der Waals surface area contributed by atoms with E-state index >= 15 is 0 Å². The van der Waals surface area contributed by atoms with Gasteiger partial charge in [0.2, 0.25) is 0 Å². The Morgan fingerprint density at radius 1 is 1.11 bits per heavy atom. The van der Waals surface area contributed by atoms with Gasteiger partial charge in [-0.3, -0.25) is 9.59 Å². The lowest BCUT2D eigenvalue weighted by Crippen LogP contribution is -2.32. The van der Waals surface area contributed by atoms with Crippen LogP contribution in [0.25, 0.3) is 10.9 Å². The number of hydrogen-bond donors (Lipinski definition) is 4. The summed E-state index contributed by atoms with van der Waals surface area (Å²) in [6.45, 7) is 6.70. The fourth-order valence-electron chi connectivity index (χ4n) is 3.71. The van der Waals surface area contributed by atoms with Crippen LogP contribution in [0.5, 0.6) is 0 Å². The largest absolute Gasteiger partial charge is 0.459 e. The molecule has 1 aliphatic rings. The molecule has 4 N–H and O–H groups in total. The number of carbonyl (C=O) groups excluding carboxylic acids is 4. The Morgan fingerprint density at radius 2 is 1.81 bits per heavy atom. The molecule has 196 valence electrons. The molecule has 3 aromatic rings. The minimum Gasteiger partial charge on any atom is -0.459 e. The van der Waals surface area contributed by atoms with Crippen molar-refractivity contribution in [3.63, 3.8) is 0 Å². The fraction of sp³-hybridized carbons (Fsp3) is 0.400. The van der Waals surface area contributed by atoms with Crippen molar-refractivity contribution in [1.82, 2.24) is 20.4 Å². The van der Waals surface area contributed by atoms with Gasteiger partial charge < -0.3 is 35.1 Å². The maximum atomic E-state index is 12.7. The van der Waals surface area contributed by atoms with Crippen LogP contribution in [0, 0.1) is 0 Å². The van der Waals surface area contributed by atoms with E-state index in [0.29, 0.717) is 27.8 Å². The van der Waals surface area contributed by atoms with Crippen LogP contribution in [0.2, 0.25) is 0 Å². The van der Waals surface area contributed by atoms with Crippen LogP contribution in [0.4, 0.5) is 21.0 Å². The third kappa shape index (κ3) is 6.87. The van der Waals surface area contributed by atoms with Crippen LogP contribution in [-0.2, 0) is 22.6 Å². The maximum Gasteiger partial charge on any atom is 0.326 e. The van der Waals surface area contributed by atoms with E-state index in [1.165, 1.54) is 13.2 Å². The Balaban J connectivity index is 1.67. The van der Waals surface area contributed by atoms with E-state index in [1.54, 1.807) is 49.7 Å². The van der Waals surface area contributed by atoms with E-state index in [0.717, 1.165) is 12.8 Å². The zero-order valence-corrected chi connectivity index (χ0v) is 21.1. The summed E-state index contributed by atoms with van der Waals surface area (Å²) in [4.78, 5) is 50.1.